The average molecular weight is 266 g/mol. The molecule has 4 heteroatoms. The maximum Gasteiger partial charge on any atom is 0.285 e. The van der Waals surface area contributed by atoms with Crippen LogP contribution in [-0.2, 0) is 0 Å². The molecule has 0 aliphatic heterocycles. The van der Waals surface area contributed by atoms with Gasteiger partial charge in [0.05, 0.1) is 0 Å². The third kappa shape index (κ3) is 1.94. The van der Waals surface area contributed by atoms with Crippen molar-refractivity contribution in [1.82, 2.24) is 0 Å². The number of hydrogen-bond donors (Lipinski definition) is 1. The summed E-state index contributed by atoms with van der Waals surface area (Å²) in [6, 6.07) is 11.2. The van der Waals surface area contributed by atoms with Crippen LogP contribution in [0.25, 0.3) is 11.1 Å². The van der Waals surface area contributed by atoms with E-state index in [1.807, 2.05) is 30.3 Å². The first kappa shape index (κ1) is 9.98. The van der Waals surface area contributed by atoms with Crippen LogP contribution in [0, 0.1) is 0 Å². The van der Waals surface area contributed by atoms with E-state index in [2.05, 4.69) is 15.9 Å². The zero-order valence-corrected chi connectivity index (χ0v) is 9.32. The Morgan fingerprint density at radius 1 is 1.27 bits per heavy atom. The first-order valence-electron chi connectivity index (χ1n) is 4.33. The number of nitrogens with two attached hydrogens (primary N) is 1. The summed E-state index contributed by atoms with van der Waals surface area (Å²) in [5, 5.41) is 0. The van der Waals surface area contributed by atoms with Gasteiger partial charge in [0.2, 0.25) is 5.76 Å². The van der Waals surface area contributed by atoms with Gasteiger partial charge in [0.25, 0.3) is 5.91 Å². The highest BCUT2D eigenvalue weighted by Crippen LogP contribution is 2.29. The maximum atomic E-state index is 11.1. The van der Waals surface area contributed by atoms with Gasteiger partial charge in [-0.2, -0.15) is 0 Å². The predicted molar refractivity (Wildman–Crippen MR) is 60.4 cm³/mol. The molecule has 0 radical (unpaired) electrons. The third-order valence-corrected chi connectivity index (χ3v) is 2.40. The summed E-state index contributed by atoms with van der Waals surface area (Å²) in [6.45, 7) is 0. The van der Waals surface area contributed by atoms with Crippen molar-refractivity contribution >= 4 is 21.8 Å². The molecule has 1 aromatic carbocycles. The molecular formula is C11H8BrNO2. The van der Waals surface area contributed by atoms with E-state index in [0.717, 1.165) is 5.56 Å². The zero-order valence-electron chi connectivity index (χ0n) is 7.74. The van der Waals surface area contributed by atoms with Gasteiger partial charge in [0, 0.05) is 5.56 Å². The zero-order chi connectivity index (χ0) is 10.8. The van der Waals surface area contributed by atoms with Crippen LogP contribution in [0.5, 0.6) is 0 Å². The van der Waals surface area contributed by atoms with E-state index in [0.29, 0.717) is 10.2 Å². The number of halogens is 1. The smallest absolute Gasteiger partial charge is 0.285 e. The minimum absolute atomic E-state index is 0.174. The van der Waals surface area contributed by atoms with E-state index in [-0.39, 0.29) is 5.76 Å². The fourth-order valence-electron chi connectivity index (χ4n) is 1.38. The Balaban J connectivity index is 2.58. The van der Waals surface area contributed by atoms with Gasteiger partial charge in [-0.15, -0.1) is 0 Å². The number of rotatable bonds is 2. The van der Waals surface area contributed by atoms with Crippen LogP contribution in [0.2, 0.25) is 0 Å². The van der Waals surface area contributed by atoms with Gasteiger partial charge in [-0.3, -0.25) is 4.79 Å². The molecule has 1 amide bonds. The second kappa shape index (κ2) is 3.90. The standard InChI is InChI=1S/C11H8BrNO2/c12-9-6-8(10(15-9)11(13)14)7-4-2-1-3-5-7/h1-6H,(H2,13,14). The molecule has 2 rings (SSSR count). The number of primary amides is 1. The molecule has 0 fully saturated rings. The summed E-state index contributed by atoms with van der Waals surface area (Å²) in [6.07, 6.45) is 0. The molecule has 0 unspecified atom stereocenters. The molecule has 0 atom stereocenters. The molecule has 2 aromatic rings. The molecule has 0 saturated carbocycles. The predicted octanol–water partition coefficient (Wildman–Crippen LogP) is 2.81. The van der Waals surface area contributed by atoms with Crippen molar-refractivity contribution < 1.29 is 9.21 Å². The molecular weight excluding hydrogens is 258 g/mol. The fraction of sp³-hybridized carbons (Fsp3) is 0. The number of hydrogen-bond acceptors (Lipinski definition) is 2. The number of furan rings is 1. The summed E-state index contributed by atoms with van der Waals surface area (Å²) in [4.78, 5) is 11.1. The van der Waals surface area contributed by atoms with Crippen LogP contribution in [-0.4, -0.2) is 5.91 Å². The van der Waals surface area contributed by atoms with E-state index in [1.54, 1.807) is 6.07 Å². The lowest BCUT2D eigenvalue weighted by Crippen LogP contribution is -2.10. The highest BCUT2D eigenvalue weighted by Gasteiger charge is 2.15. The summed E-state index contributed by atoms with van der Waals surface area (Å²) in [5.41, 5.74) is 6.82. The van der Waals surface area contributed by atoms with Gasteiger partial charge in [0.1, 0.15) is 0 Å². The van der Waals surface area contributed by atoms with Crippen LogP contribution in [0.3, 0.4) is 0 Å². The van der Waals surface area contributed by atoms with Gasteiger partial charge >= 0.3 is 0 Å². The Labute approximate surface area is 95.0 Å². The van der Waals surface area contributed by atoms with Crippen molar-refractivity contribution in [3.05, 3.63) is 46.8 Å². The number of amides is 1. The molecule has 1 heterocycles. The molecule has 3 nitrogen and oxygen atoms in total. The van der Waals surface area contributed by atoms with E-state index >= 15 is 0 Å². The molecule has 0 aliphatic rings. The lowest BCUT2D eigenvalue weighted by atomic mass is 10.1. The van der Waals surface area contributed by atoms with Crippen LogP contribution in [0.15, 0.2) is 45.5 Å². The Kier molecular flexibility index (Phi) is 2.60. The number of carbonyl (C=O) groups excluding carboxylic acids is 1. The van der Waals surface area contributed by atoms with Crippen molar-refractivity contribution in [3.63, 3.8) is 0 Å². The molecule has 15 heavy (non-hydrogen) atoms. The van der Waals surface area contributed by atoms with Crippen molar-refractivity contribution in [2.45, 2.75) is 0 Å². The quantitative estimate of drug-likeness (QED) is 0.908. The number of carbonyl (C=O) groups is 1. The largest absolute Gasteiger partial charge is 0.444 e. The molecule has 2 N–H and O–H groups in total. The molecule has 0 saturated heterocycles. The van der Waals surface area contributed by atoms with E-state index in [1.165, 1.54) is 0 Å². The van der Waals surface area contributed by atoms with Gasteiger partial charge in [-0.05, 0) is 27.6 Å². The Morgan fingerprint density at radius 3 is 2.53 bits per heavy atom. The molecule has 0 spiro atoms. The van der Waals surface area contributed by atoms with Gasteiger partial charge < -0.3 is 10.2 Å². The van der Waals surface area contributed by atoms with Gasteiger partial charge in [0.15, 0.2) is 4.67 Å². The van der Waals surface area contributed by atoms with E-state index < -0.39 is 5.91 Å². The highest BCUT2D eigenvalue weighted by atomic mass is 79.9. The first-order chi connectivity index (χ1) is 7.18. The van der Waals surface area contributed by atoms with Crippen molar-refractivity contribution in [3.8, 4) is 11.1 Å². The van der Waals surface area contributed by atoms with Crippen molar-refractivity contribution in [2.75, 3.05) is 0 Å². The van der Waals surface area contributed by atoms with Crippen LogP contribution in [0.4, 0.5) is 0 Å². The first-order valence-corrected chi connectivity index (χ1v) is 5.12. The molecule has 0 bridgehead atoms. The molecule has 76 valence electrons. The lowest BCUT2D eigenvalue weighted by Gasteiger charge is -1.98. The second-order valence-corrected chi connectivity index (χ2v) is 3.81. The summed E-state index contributed by atoms with van der Waals surface area (Å²) < 4.78 is 5.67. The second-order valence-electron chi connectivity index (χ2n) is 3.02. The third-order valence-electron chi connectivity index (χ3n) is 2.01. The average Bonchev–Trinajstić information content (AvgIpc) is 2.62. The minimum Gasteiger partial charge on any atom is -0.444 e. The maximum absolute atomic E-state index is 11.1. The van der Waals surface area contributed by atoms with Gasteiger partial charge in [-0.25, -0.2) is 0 Å². The monoisotopic (exact) mass is 265 g/mol. The summed E-state index contributed by atoms with van der Waals surface area (Å²) in [5.74, 6) is -0.396. The number of benzene rings is 1. The van der Waals surface area contributed by atoms with Crippen LogP contribution < -0.4 is 5.73 Å². The van der Waals surface area contributed by atoms with E-state index in [4.69, 9.17) is 10.2 Å². The Morgan fingerprint density at radius 2 is 1.93 bits per heavy atom. The highest BCUT2D eigenvalue weighted by molar-refractivity contribution is 9.10. The van der Waals surface area contributed by atoms with Gasteiger partial charge in [-0.1, -0.05) is 30.3 Å². The van der Waals surface area contributed by atoms with Crippen LogP contribution in [0.1, 0.15) is 10.6 Å². The van der Waals surface area contributed by atoms with Crippen molar-refractivity contribution in [2.24, 2.45) is 5.73 Å². The molecule has 1 aromatic heterocycles. The Hall–Kier alpha value is -1.55. The Bertz CT molecular complexity index is 491. The summed E-state index contributed by atoms with van der Waals surface area (Å²) in [7, 11) is 0. The summed E-state index contributed by atoms with van der Waals surface area (Å²) >= 11 is 3.17. The molecule has 0 aliphatic carbocycles. The van der Waals surface area contributed by atoms with Crippen molar-refractivity contribution in [1.29, 1.82) is 0 Å². The lowest BCUT2D eigenvalue weighted by molar-refractivity contribution is 0.0973. The normalized spacial score (nSPS) is 10.2. The minimum atomic E-state index is -0.570. The fourth-order valence-corrected chi connectivity index (χ4v) is 1.77. The van der Waals surface area contributed by atoms with E-state index in [9.17, 15) is 4.79 Å². The van der Waals surface area contributed by atoms with Crippen LogP contribution >= 0.6 is 15.9 Å². The topological polar surface area (TPSA) is 56.2 Å². The SMILES string of the molecule is NC(=O)c1oc(Br)cc1-c1ccccc1.